The number of hydrogen-bond acceptors (Lipinski definition) is 5. The molecular weight excluding hydrogens is 258 g/mol. The molecule has 1 heterocycles. The Hall–Kier alpha value is -2.14. The summed E-state index contributed by atoms with van der Waals surface area (Å²) in [5.74, 6) is 0.882. The Morgan fingerprint density at radius 3 is 2.79 bits per heavy atom. The fourth-order valence-corrected chi connectivity index (χ4v) is 2.38. The summed E-state index contributed by atoms with van der Waals surface area (Å²) in [4.78, 5) is 0. The summed E-state index contributed by atoms with van der Waals surface area (Å²) in [5, 5.41) is 14.2. The number of nitrogens with zero attached hydrogens (tertiary/aromatic N) is 2. The molecule has 0 saturated heterocycles. The van der Waals surface area contributed by atoms with Crippen molar-refractivity contribution in [3.8, 4) is 5.75 Å². The van der Waals surface area contributed by atoms with Crippen LogP contribution in [0.5, 0.6) is 5.75 Å². The summed E-state index contributed by atoms with van der Waals surface area (Å²) < 4.78 is 5.22. The van der Waals surface area contributed by atoms with Gasteiger partial charge in [0, 0.05) is 6.54 Å². The Kier molecular flexibility index (Phi) is 3.29. The molecule has 0 amide bonds. The van der Waals surface area contributed by atoms with E-state index in [4.69, 9.17) is 4.74 Å². The zero-order chi connectivity index (χ0) is 13.1. The monoisotopic (exact) mass is 271 g/mol. The molecule has 1 N–H and O–H groups in total. The normalized spacial score (nSPS) is 10.6. The molecule has 1 aromatic heterocycles. The predicted molar refractivity (Wildman–Crippen MR) is 77.7 cm³/mol. The smallest absolute Gasteiger partial charge is 0.205 e. The van der Waals surface area contributed by atoms with Crippen LogP contribution in [-0.2, 0) is 6.54 Å². The van der Waals surface area contributed by atoms with Crippen LogP contribution in [-0.4, -0.2) is 17.3 Å². The molecule has 0 fully saturated rings. The zero-order valence-corrected chi connectivity index (χ0v) is 11.3. The molecule has 19 heavy (non-hydrogen) atoms. The fraction of sp³-hybridized carbons (Fsp3) is 0.143. The fourth-order valence-electron chi connectivity index (χ4n) is 1.94. The van der Waals surface area contributed by atoms with Gasteiger partial charge in [0.2, 0.25) is 5.13 Å². The molecule has 0 spiro atoms. The van der Waals surface area contributed by atoms with E-state index in [0.29, 0.717) is 0 Å². The maximum atomic E-state index is 5.22. The first-order valence-electron chi connectivity index (χ1n) is 5.92. The second-order valence-electron chi connectivity index (χ2n) is 4.14. The molecule has 0 radical (unpaired) electrons. The lowest BCUT2D eigenvalue weighted by Gasteiger charge is -2.06. The first-order chi connectivity index (χ1) is 9.35. The number of ether oxygens (including phenoxy) is 1. The topological polar surface area (TPSA) is 47.0 Å². The quantitative estimate of drug-likeness (QED) is 0.790. The number of anilines is 1. The third kappa shape index (κ3) is 2.66. The lowest BCUT2D eigenvalue weighted by atomic mass is 10.1. The van der Waals surface area contributed by atoms with Crippen molar-refractivity contribution in [1.29, 1.82) is 0 Å². The summed E-state index contributed by atoms with van der Waals surface area (Å²) >= 11 is 1.50. The number of nitrogens with one attached hydrogen (secondary N) is 1. The molecule has 0 aliphatic rings. The first-order valence-corrected chi connectivity index (χ1v) is 6.80. The Labute approximate surface area is 115 Å². The van der Waals surface area contributed by atoms with Crippen molar-refractivity contribution in [2.45, 2.75) is 6.54 Å². The van der Waals surface area contributed by atoms with E-state index in [9.17, 15) is 0 Å². The van der Waals surface area contributed by atoms with Crippen LogP contribution in [0.2, 0.25) is 0 Å². The number of hydrogen-bond donors (Lipinski definition) is 1. The van der Waals surface area contributed by atoms with Crippen LogP contribution < -0.4 is 10.1 Å². The standard InChI is InChI=1S/C14H13N3OS/c1-18-13-5-4-11-6-10(2-3-12(11)7-13)8-15-14-17-16-9-19-14/h2-7,9H,8H2,1H3,(H,15,17). The summed E-state index contributed by atoms with van der Waals surface area (Å²) in [5.41, 5.74) is 2.93. The number of aromatic nitrogens is 2. The van der Waals surface area contributed by atoms with E-state index >= 15 is 0 Å². The van der Waals surface area contributed by atoms with Crippen molar-refractivity contribution < 1.29 is 4.74 Å². The number of rotatable bonds is 4. The zero-order valence-electron chi connectivity index (χ0n) is 10.5. The summed E-state index contributed by atoms with van der Waals surface area (Å²) in [6.07, 6.45) is 0. The van der Waals surface area contributed by atoms with Crippen LogP contribution in [0.15, 0.2) is 41.9 Å². The van der Waals surface area contributed by atoms with E-state index in [1.54, 1.807) is 12.6 Å². The molecule has 0 aliphatic carbocycles. The molecule has 0 atom stereocenters. The van der Waals surface area contributed by atoms with Crippen LogP contribution >= 0.6 is 11.3 Å². The van der Waals surface area contributed by atoms with Crippen LogP contribution in [0.25, 0.3) is 10.8 Å². The summed E-state index contributed by atoms with van der Waals surface area (Å²) in [6.45, 7) is 0.747. The van der Waals surface area contributed by atoms with E-state index in [1.807, 2.05) is 12.1 Å². The second-order valence-corrected chi connectivity index (χ2v) is 4.98. The summed E-state index contributed by atoms with van der Waals surface area (Å²) in [6, 6.07) is 12.5. The average Bonchev–Trinajstić information content (AvgIpc) is 2.97. The predicted octanol–water partition coefficient (Wildman–Crippen LogP) is 3.31. The maximum absolute atomic E-state index is 5.22. The third-order valence-corrected chi connectivity index (χ3v) is 3.56. The molecule has 0 aliphatic heterocycles. The van der Waals surface area contributed by atoms with E-state index in [1.165, 1.54) is 27.7 Å². The van der Waals surface area contributed by atoms with Crippen LogP contribution in [0.1, 0.15) is 5.56 Å². The van der Waals surface area contributed by atoms with Crippen molar-refractivity contribution in [1.82, 2.24) is 10.2 Å². The molecule has 0 unspecified atom stereocenters. The number of fused-ring (bicyclic) bond motifs is 1. The first kappa shape index (κ1) is 11.9. The second kappa shape index (κ2) is 5.24. The van der Waals surface area contributed by atoms with Gasteiger partial charge in [-0.05, 0) is 34.5 Å². The highest BCUT2D eigenvalue weighted by Gasteiger charge is 2.00. The van der Waals surface area contributed by atoms with Gasteiger partial charge in [-0.3, -0.25) is 0 Å². The lowest BCUT2D eigenvalue weighted by Crippen LogP contribution is -1.98. The van der Waals surface area contributed by atoms with E-state index < -0.39 is 0 Å². The van der Waals surface area contributed by atoms with E-state index in [-0.39, 0.29) is 0 Å². The Morgan fingerprint density at radius 2 is 2.00 bits per heavy atom. The maximum Gasteiger partial charge on any atom is 0.205 e. The van der Waals surface area contributed by atoms with Gasteiger partial charge < -0.3 is 10.1 Å². The van der Waals surface area contributed by atoms with Gasteiger partial charge in [-0.1, -0.05) is 29.5 Å². The van der Waals surface area contributed by atoms with Crippen LogP contribution in [0, 0.1) is 0 Å². The molecule has 4 nitrogen and oxygen atoms in total. The summed E-state index contributed by atoms with van der Waals surface area (Å²) in [7, 11) is 1.68. The largest absolute Gasteiger partial charge is 0.497 e. The SMILES string of the molecule is COc1ccc2cc(CNc3nncs3)ccc2c1. The van der Waals surface area contributed by atoms with Crippen molar-refractivity contribution in [2.75, 3.05) is 12.4 Å². The van der Waals surface area contributed by atoms with Gasteiger partial charge in [-0.2, -0.15) is 0 Å². The third-order valence-electron chi connectivity index (χ3n) is 2.92. The van der Waals surface area contributed by atoms with Gasteiger partial charge in [0.25, 0.3) is 0 Å². The van der Waals surface area contributed by atoms with Crippen LogP contribution in [0.4, 0.5) is 5.13 Å². The van der Waals surface area contributed by atoms with Crippen molar-refractivity contribution >= 4 is 27.2 Å². The molecule has 3 aromatic rings. The minimum absolute atomic E-state index is 0.747. The van der Waals surface area contributed by atoms with Gasteiger partial charge >= 0.3 is 0 Å². The number of methoxy groups -OCH3 is 1. The number of benzene rings is 2. The molecule has 0 saturated carbocycles. The highest BCUT2D eigenvalue weighted by molar-refractivity contribution is 7.13. The van der Waals surface area contributed by atoms with Crippen molar-refractivity contribution in [2.24, 2.45) is 0 Å². The van der Waals surface area contributed by atoms with E-state index in [0.717, 1.165) is 17.4 Å². The van der Waals surface area contributed by atoms with Gasteiger partial charge in [0.1, 0.15) is 11.3 Å². The highest BCUT2D eigenvalue weighted by atomic mass is 32.1. The highest BCUT2D eigenvalue weighted by Crippen LogP contribution is 2.22. The van der Waals surface area contributed by atoms with Gasteiger partial charge in [-0.15, -0.1) is 10.2 Å². The van der Waals surface area contributed by atoms with Crippen LogP contribution in [0.3, 0.4) is 0 Å². The minimum Gasteiger partial charge on any atom is -0.497 e. The van der Waals surface area contributed by atoms with E-state index in [2.05, 4.69) is 39.8 Å². The Morgan fingerprint density at radius 1 is 1.16 bits per heavy atom. The Balaban J connectivity index is 1.81. The molecule has 5 heteroatoms. The molecular formula is C14H13N3OS. The molecule has 0 bridgehead atoms. The molecule has 96 valence electrons. The van der Waals surface area contributed by atoms with Gasteiger partial charge in [0.05, 0.1) is 7.11 Å². The van der Waals surface area contributed by atoms with Crippen molar-refractivity contribution in [3.63, 3.8) is 0 Å². The molecule has 3 rings (SSSR count). The average molecular weight is 271 g/mol. The Bertz CT molecular complexity index is 682. The van der Waals surface area contributed by atoms with Crippen molar-refractivity contribution in [3.05, 3.63) is 47.5 Å². The minimum atomic E-state index is 0.747. The van der Waals surface area contributed by atoms with Gasteiger partial charge in [0.15, 0.2) is 0 Å². The van der Waals surface area contributed by atoms with Gasteiger partial charge in [-0.25, -0.2) is 0 Å². The lowest BCUT2D eigenvalue weighted by molar-refractivity contribution is 0.415. The molecule has 2 aromatic carbocycles.